The molecule has 0 saturated carbocycles. The molecule has 88 valence electrons. The van der Waals surface area contributed by atoms with Crippen molar-refractivity contribution in [2.24, 2.45) is 11.5 Å². The lowest BCUT2D eigenvalue weighted by atomic mass is 10.1. The molecule has 0 heterocycles. The minimum atomic E-state index is -3.17. The van der Waals surface area contributed by atoms with Crippen molar-refractivity contribution >= 4 is 11.4 Å². The highest BCUT2D eigenvalue weighted by molar-refractivity contribution is 7.73. The maximum Gasteiger partial charge on any atom is 0.304 e. The fourth-order valence-corrected chi connectivity index (χ4v) is 0.416. The SMILES string of the molecule is NCC(N)C(O)C(O)(O)O.O=S(O)O. The van der Waals surface area contributed by atoms with Gasteiger partial charge in [-0.25, -0.2) is 0 Å². The number of rotatable bonds is 3. The van der Waals surface area contributed by atoms with Crippen molar-refractivity contribution in [3.05, 3.63) is 0 Å². The number of hydrogen-bond acceptors (Lipinski definition) is 7. The zero-order valence-electron chi connectivity index (χ0n) is 7.02. The molecule has 0 amide bonds. The molecule has 0 aliphatic carbocycles. The normalized spacial score (nSPS) is 15.8. The average Bonchev–Trinajstić information content (AvgIpc) is 1.99. The second-order valence-corrected chi connectivity index (χ2v) is 2.72. The van der Waals surface area contributed by atoms with E-state index in [1.54, 1.807) is 0 Å². The molecule has 0 aromatic carbocycles. The maximum atomic E-state index is 8.70. The first-order valence-corrected chi connectivity index (χ1v) is 4.30. The summed E-state index contributed by atoms with van der Waals surface area (Å²) in [6.45, 7) is -0.148. The zero-order chi connectivity index (χ0) is 11.9. The largest absolute Gasteiger partial charge is 0.383 e. The van der Waals surface area contributed by atoms with Gasteiger partial charge in [-0.1, -0.05) is 0 Å². The van der Waals surface area contributed by atoms with Crippen molar-refractivity contribution < 1.29 is 33.7 Å². The Morgan fingerprint density at radius 3 is 1.64 bits per heavy atom. The minimum absolute atomic E-state index is 0.148. The highest BCUT2D eigenvalue weighted by atomic mass is 32.2. The van der Waals surface area contributed by atoms with E-state index in [-0.39, 0.29) is 6.54 Å². The van der Waals surface area contributed by atoms with Crippen LogP contribution in [0.15, 0.2) is 0 Å². The molecular weight excluding hydrogens is 220 g/mol. The molecule has 0 aliphatic rings. The van der Waals surface area contributed by atoms with E-state index in [0.717, 1.165) is 0 Å². The lowest BCUT2D eigenvalue weighted by molar-refractivity contribution is -0.357. The van der Waals surface area contributed by atoms with Gasteiger partial charge in [0, 0.05) is 6.54 Å². The molecule has 0 saturated heterocycles. The molecule has 10 N–H and O–H groups in total. The Kier molecular flexibility index (Phi) is 8.33. The van der Waals surface area contributed by atoms with E-state index in [1.165, 1.54) is 0 Å². The molecule has 0 fully saturated rings. The van der Waals surface area contributed by atoms with E-state index in [2.05, 4.69) is 0 Å². The molecule has 0 aliphatic heterocycles. The smallest absolute Gasteiger partial charge is 0.304 e. The van der Waals surface area contributed by atoms with E-state index in [9.17, 15) is 0 Å². The first-order valence-electron chi connectivity index (χ1n) is 3.23. The number of hydrogen-bond donors (Lipinski definition) is 8. The van der Waals surface area contributed by atoms with Gasteiger partial charge in [0.1, 0.15) is 0 Å². The summed E-state index contributed by atoms with van der Waals surface area (Å²) in [5.74, 6) is -3.17. The van der Waals surface area contributed by atoms with Crippen LogP contribution in [0.4, 0.5) is 0 Å². The first kappa shape index (κ1) is 16.3. The van der Waals surface area contributed by atoms with E-state index in [4.69, 9.17) is 45.2 Å². The van der Waals surface area contributed by atoms with Crippen molar-refractivity contribution in [1.29, 1.82) is 0 Å². The standard InChI is InChI=1S/C4H12N2O4.H2O3S/c5-1-2(6)3(7)4(8,9)10;1-4(2)3/h2-3,7-10H,1,5-6H2;(H2,1,2,3). The summed E-state index contributed by atoms with van der Waals surface area (Å²) in [7, 11) is 0. The van der Waals surface area contributed by atoms with Gasteiger partial charge in [-0.3, -0.25) is 9.11 Å². The van der Waals surface area contributed by atoms with Crippen LogP contribution in [0.5, 0.6) is 0 Å². The molecule has 0 aromatic rings. The summed E-state index contributed by atoms with van der Waals surface area (Å²) >= 11 is -2.61. The fourth-order valence-electron chi connectivity index (χ4n) is 0.416. The third-order valence-corrected chi connectivity index (χ3v) is 1.07. The zero-order valence-corrected chi connectivity index (χ0v) is 7.83. The summed E-state index contributed by atoms with van der Waals surface area (Å²) < 4.78 is 22.8. The third-order valence-electron chi connectivity index (χ3n) is 1.07. The Hall–Kier alpha value is -0.170. The summed E-state index contributed by atoms with van der Waals surface area (Å²) in [5, 5.41) is 33.6. The van der Waals surface area contributed by atoms with E-state index in [0.29, 0.717) is 0 Å². The van der Waals surface area contributed by atoms with Crippen molar-refractivity contribution in [1.82, 2.24) is 0 Å². The Morgan fingerprint density at radius 2 is 1.57 bits per heavy atom. The van der Waals surface area contributed by atoms with Crippen LogP contribution in [0.25, 0.3) is 0 Å². The van der Waals surface area contributed by atoms with Crippen molar-refractivity contribution in [2.45, 2.75) is 18.1 Å². The van der Waals surface area contributed by atoms with Crippen LogP contribution in [0.3, 0.4) is 0 Å². The van der Waals surface area contributed by atoms with Crippen LogP contribution in [0.1, 0.15) is 0 Å². The second-order valence-electron chi connectivity index (χ2n) is 2.26. The van der Waals surface area contributed by atoms with Gasteiger partial charge < -0.3 is 31.9 Å². The Balaban J connectivity index is 0. The van der Waals surface area contributed by atoms with Gasteiger partial charge in [0.05, 0.1) is 6.04 Å². The summed E-state index contributed by atoms with van der Waals surface area (Å²) in [6.07, 6.45) is -1.85. The topological polar surface area (TPSA) is 190 Å². The maximum absolute atomic E-state index is 8.70. The van der Waals surface area contributed by atoms with Gasteiger partial charge in [-0.05, 0) is 0 Å². The van der Waals surface area contributed by atoms with Crippen LogP contribution in [0, 0.1) is 0 Å². The Morgan fingerprint density at radius 1 is 1.29 bits per heavy atom. The van der Waals surface area contributed by atoms with Gasteiger partial charge >= 0.3 is 5.97 Å². The monoisotopic (exact) mass is 234 g/mol. The number of nitrogens with two attached hydrogens (primary N) is 2. The van der Waals surface area contributed by atoms with Gasteiger partial charge in [-0.2, -0.15) is 4.21 Å². The highest BCUT2D eigenvalue weighted by Gasteiger charge is 2.34. The predicted octanol–water partition coefficient (Wildman–Crippen LogP) is -4.05. The van der Waals surface area contributed by atoms with Gasteiger partial charge in [0.2, 0.25) is 0 Å². The lowest BCUT2D eigenvalue weighted by Gasteiger charge is -2.24. The van der Waals surface area contributed by atoms with E-state index < -0.39 is 29.5 Å². The van der Waals surface area contributed by atoms with Crippen LogP contribution in [-0.4, -0.2) is 58.4 Å². The summed E-state index contributed by atoms with van der Waals surface area (Å²) in [4.78, 5) is 0. The Labute approximate surface area is 82.1 Å². The molecule has 2 unspecified atom stereocenters. The molecule has 2 atom stereocenters. The minimum Gasteiger partial charge on any atom is -0.383 e. The summed E-state index contributed by atoms with van der Waals surface area (Å²) in [6, 6.07) is -1.06. The van der Waals surface area contributed by atoms with Crippen LogP contribution >= 0.6 is 0 Å². The van der Waals surface area contributed by atoms with Crippen molar-refractivity contribution in [2.75, 3.05) is 6.54 Å². The fraction of sp³-hybridized carbons (Fsp3) is 1.00. The Bertz CT molecular complexity index is 168. The summed E-state index contributed by atoms with van der Waals surface area (Å²) in [5.41, 5.74) is 10.00. The lowest BCUT2D eigenvalue weighted by Crippen LogP contribution is -2.55. The highest BCUT2D eigenvalue weighted by Crippen LogP contribution is 2.03. The van der Waals surface area contributed by atoms with Crippen LogP contribution in [-0.2, 0) is 11.4 Å². The first-order chi connectivity index (χ1) is 6.12. The van der Waals surface area contributed by atoms with Crippen LogP contribution in [0.2, 0.25) is 0 Å². The van der Waals surface area contributed by atoms with Crippen molar-refractivity contribution in [3.8, 4) is 0 Å². The molecule has 14 heavy (non-hydrogen) atoms. The number of aliphatic hydroxyl groups is 4. The van der Waals surface area contributed by atoms with E-state index >= 15 is 0 Å². The quantitative estimate of drug-likeness (QED) is 0.177. The molecule has 10 heteroatoms. The predicted molar refractivity (Wildman–Crippen MR) is 45.8 cm³/mol. The van der Waals surface area contributed by atoms with Gasteiger partial charge in [0.25, 0.3) is 11.4 Å². The van der Waals surface area contributed by atoms with E-state index in [1.807, 2.05) is 0 Å². The van der Waals surface area contributed by atoms with Crippen LogP contribution < -0.4 is 11.5 Å². The molecular formula is C4H14N2O7S. The molecule has 0 rings (SSSR count). The molecule has 0 aromatic heterocycles. The van der Waals surface area contributed by atoms with Gasteiger partial charge in [-0.15, -0.1) is 0 Å². The third kappa shape index (κ3) is 9.91. The molecule has 0 spiro atoms. The average molecular weight is 234 g/mol. The second kappa shape index (κ2) is 7.17. The molecule has 9 nitrogen and oxygen atoms in total. The van der Waals surface area contributed by atoms with Crippen molar-refractivity contribution in [3.63, 3.8) is 0 Å². The van der Waals surface area contributed by atoms with Gasteiger partial charge in [0.15, 0.2) is 6.10 Å². The number of aliphatic hydroxyl groups excluding tert-OH is 1. The molecule has 0 bridgehead atoms. The molecule has 0 radical (unpaired) electrons.